The Labute approximate surface area is 264 Å². The molecule has 4 heteroatoms. The molecule has 0 bridgehead atoms. The summed E-state index contributed by atoms with van der Waals surface area (Å²) in [6.45, 7) is 6.72. The normalized spacial score (nSPS) is 10.4. The third kappa shape index (κ3) is 6.46. The van der Waals surface area contributed by atoms with E-state index in [2.05, 4.69) is 103 Å². The smallest absolute Gasteiger partial charge is 0.164 e. The molecule has 216 valence electrons. The molecule has 0 amide bonds. The van der Waals surface area contributed by atoms with Gasteiger partial charge in [-0.2, -0.15) is 0 Å². The molecule has 0 N–H and O–H groups in total. The Morgan fingerprint density at radius 1 is 0.400 bits per heavy atom. The fraction of sp³-hybridized carbons (Fsp3) is 0. The number of para-hydroxylation sites is 2. The standard InChI is InChI=1S/C37H26N4.C4H6/c1-5-15-27(16-6-1)35-38-36(28-17-7-2-8-18-28)40-37(39-35)33-25-13-24-32-31(33)23-14-26-34(32)41(29-19-9-3-10-20-29)30-21-11-4-12-22-30;1-3-4-2/h1-26H;3-4H,1-2H2. The van der Waals surface area contributed by atoms with Gasteiger partial charge in [0, 0.05) is 33.5 Å². The third-order valence-corrected chi connectivity index (χ3v) is 7.28. The summed E-state index contributed by atoms with van der Waals surface area (Å²) >= 11 is 0. The number of benzene rings is 6. The average Bonchev–Trinajstić information content (AvgIpc) is 3.13. The summed E-state index contributed by atoms with van der Waals surface area (Å²) in [5.41, 5.74) is 6.13. The van der Waals surface area contributed by atoms with Crippen molar-refractivity contribution in [2.45, 2.75) is 0 Å². The van der Waals surface area contributed by atoms with Gasteiger partial charge in [-0.05, 0) is 35.7 Å². The van der Waals surface area contributed by atoms with Crippen LogP contribution in [0, 0.1) is 0 Å². The maximum atomic E-state index is 5.00. The van der Waals surface area contributed by atoms with Crippen LogP contribution in [-0.2, 0) is 0 Å². The second-order valence-electron chi connectivity index (χ2n) is 10.2. The first-order valence-corrected chi connectivity index (χ1v) is 14.8. The van der Waals surface area contributed by atoms with E-state index in [0.29, 0.717) is 17.5 Å². The van der Waals surface area contributed by atoms with Crippen molar-refractivity contribution in [2.24, 2.45) is 0 Å². The van der Waals surface area contributed by atoms with Gasteiger partial charge in [0.15, 0.2) is 17.5 Å². The van der Waals surface area contributed by atoms with Gasteiger partial charge in [0.25, 0.3) is 0 Å². The van der Waals surface area contributed by atoms with Gasteiger partial charge in [0.05, 0.1) is 5.69 Å². The Bertz CT molecular complexity index is 1920. The first-order valence-electron chi connectivity index (χ1n) is 14.8. The number of nitrogens with zero attached hydrogens (tertiary/aromatic N) is 4. The predicted molar refractivity (Wildman–Crippen MR) is 189 cm³/mol. The highest BCUT2D eigenvalue weighted by atomic mass is 15.1. The third-order valence-electron chi connectivity index (χ3n) is 7.28. The van der Waals surface area contributed by atoms with Crippen LogP contribution in [0.5, 0.6) is 0 Å². The number of aromatic nitrogens is 3. The Kier molecular flexibility index (Phi) is 8.94. The number of hydrogen-bond donors (Lipinski definition) is 0. The topological polar surface area (TPSA) is 41.9 Å². The van der Waals surface area contributed by atoms with Crippen molar-refractivity contribution in [2.75, 3.05) is 4.90 Å². The summed E-state index contributed by atoms with van der Waals surface area (Å²) in [5.74, 6) is 1.95. The molecule has 7 aromatic rings. The fourth-order valence-corrected chi connectivity index (χ4v) is 5.19. The zero-order valence-electron chi connectivity index (χ0n) is 24.9. The molecule has 7 rings (SSSR count). The maximum Gasteiger partial charge on any atom is 0.164 e. The first-order chi connectivity index (χ1) is 22.3. The van der Waals surface area contributed by atoms with Crippen LogP contribution in [0.15, 0.2) is 183 Å². The quantitative estimate of drug-likeness (QED) is 0.176. The number of hydrogen-bond acceptors (Lipinski definition) is 4. The van der Waals surface area contributed by atoms with E-state index in [-0.39, 0.29) is 0 Å². The molecular weight excluding hydrogens is 548 g/mol. The molecule has 1 aromatic heterocycles. The summed E-state index contributed by atoms with van der Waals surface area (Å²) in [6.07, 6.45) is 3.28. The first kappa shape index (κ1) is 29.0. The zero-order chi connectivity index (χ0) is 30.8. The molecule has 0 saturated carbocycles. The van der Waals surface area contributed by atoms with E-state index in [0.717, 1.165) is 44.5 Å². The summed E-state index contributed by atoms with van der Waals surface area (Å²) in [4.78, 5) is 17.2. The van der Waals surface area contributed by atoms with Gasteiger partial charge in [-0.15, -0.1) is 0 Å². The van der Waals surface area contributed by atoms with Crippen LogP contribution < -0.4 is 4.90 Å². The Hall–Kier alpha value is -6.13. The van der Waals surface area contributed by atoms with Crippen LogP contribution in [0.25, 0.3) is 44.9 Å². The van der Waals surface area contributed by atoms with E-state index in [9.17, 15) is 0 Å². The van der Waals surface area contributed by atoms with Crippen LogP contribution >= 0.6 is 0 Å². The van der Waals surface area contributed by atoms with E-state index < -0.39 is 0 Å². The van der Waals surface area contributed by atoms with Gasteiger partial charge in [0.2, 0.25) is 0 Å². The van der Waals surface area contributed by atoms with Crippen molar-refractivity contribution in [3.05, 3.63) is 183 Å². The Balaban J connectivity index is 0.000000845. The molecule has 0 atom stereocenters. The molecule has 0 spiro atoms. The molecule has 45 heavy (non-hydrogen) atoms. The maximum absolute atomic E-state index is 5.00. The predicted octanol–water partition coefficient (Wildman–Crippen LogP) is 10.9. The van der Waals surface area contributed by atoms with Gasteiger partial charge in [-0.25, -0.2) is 15.0 Å². The molecule has 4 nitrogen and oxygen atoms in total. The summed E-state index contributed by atoms with van der Waals surface area (Å²) < 4.78 is 0. The lowest BCUT2D eigenvalue weighted by molar-refractivity contribution is 1.08. The minimum Gasteiger partial charge on any atom is -0.310 e. The Morgan fingerprint density at radius 2 is 0.822 bits per heavy atom. The van der Waals surface area contributed by atoms with Gasteiger partial charge < -0.3 is 4.90 Å². The van der Waals surface area contributed by atoms with Gasteiger partial charge in [-0.3, -0.25) is 0 Å². The van der Waals surface area contributed by atoms with Crippen LogP contribution in [0.2, 0.25) is 0 Å². The lowest BCUT2D eigenvalue weighted by Crippen LogP contribution is -2.10. The number of allylic oxidation sites excluding steroid dienone is 2. The lowest BCUT2D eigenvalue weighted by Gasteiger charge is -2.27. The van der Waals surface area contributed by atoms with Crippen LogP contribution in [0.3, 0.4) is 0 Å². The number of rotatable bonds is 7. The summed E-state index contributed by atoms with van der Waals surface area (Å²) in [6, 6.07) is 53.9. The van der Waals surface area contributed by atoms with Crippen molar-refractivity contribution in [3.63, 3.8) is 0 Å². The highest BCUT2D eigenvalue weighted by Gasteiger charge is 2.18. The fourth-order valence-electron chi connectivity index (χ4n) is 5.19. The van der Waals surface area contributed by atoms with Gasteiger partial charge in [-0.1, -0.05) is 153 Å². The second-order valence-corrected chi connectivity index (χ2v) is 10.2. The number of fused-ring (bicyclic) bond motifs is 1. The molecule has 0 saturated heterocycles. The highest BCUT2D eigenvalue weighted by Crippen LogP contribution is 2.40. The molecule has 0 aliphatic carbocycles. The molecule has 0 fully saturated rings. The molecule has 6 aromatic carbocycles. The van der Waals surface area contributed by atoms with E-state index >= 15 is 0 Å². The van der Waals surface area contributed by atoms with Crippen LogP contribution in [0.1, 0.15) is 0 Å². The average molecular weight is 581 g/mol. The molecule has 0 aliphatic rings. The molecule has 1 heterocycles. The number of anilines is 3. The molecular formula is C41H32N4. The van der Waals surface area contributed by atoms with Crippen molar-refractivity contribution in [1.29, 1.82) is 0 Å². The molecule has 0 aliphatic heterocycles. The monoisotopic (exact) mass is 580 g/mol. The van der Waals surface area contributed by atoms with Crippen LogP contribution in [0.4, 0.5) is 17.1 Å². The van der Waals surface area contributed by atoms with Crippen molar-refractivity contribution in [1.82, 2.24) is 15.0 Å². The minimum absolute atomic E-state index is 0.645. The van der Waals surface area contributed by atoms with E-state index in [4.69, 9.17) is 15.0 Å². The molecule has 0 unspecified atom stereocenters. The SMILES string of the molecule is C=CC=C.c1ccc(-c2nc(-c3ccccc3)nc(-c3cccc4c(N(c5ccccc5)c5ccccc5)cccc34)n2)cc1. The van der Waals surface area contributed by atoms with E-state index in [1.165, 1.54) is 0 Å². The largest absolute Gasteiger partial charge is 0.310 e. The van der Waals surface area contributed by atoms with E-state index in [1.807, 2.05) is 72.8 Å². The summed E-state index contributed by atoms with van der Waals surface area (Å²) in [7, 11) is 0. The van der Waals surface area contributed by atoms with Crippen molar-refractivity contribution >= 4 is 27.8 Å². The highest BCUT2D eigenvalue weighted by molar-refractivity contribution is 6.05. The molecule has 0 radical (unpaired) electrons. The second kappa shape index (κ2) is 13.9. The van der Waals surface area contributed by atoms with Gasteiger partial charge in [0.1, 0.15) is 0 Å². The van der Waals surface area contributed by atoms with Gasteiger partial charge >= 0.3 is 0 Å². The van der Waals surface area contributed by atoms with Crippen molar-refractivity contribution < 1.29 is 0 Å². The van der Waals surface area contributed by atoms with Crippen LogP contribution in [-0.4, -0.2) is 15.0 Å². The Morgan fingerprint density at radius 3 is 1.31 bits per heavy atom. The van der Waals surface area contributed by atoms with Crippen molar-refractivity contribution in [3.8, 4) is 34.2 Å². The van der Waals surface area contributed by atoms with E-state index in [1.54, 1.807) is 12.2 Å². The lowest BCUT2D eigenvalue weighted by atomic mass is 10.0. The minimum atomic E-state index is 0.645. The summed E-state index contributed by atoms with van der Waals surface area (Å²) in [5, 5.41) is 2.19. The zero-order valence-corrected chi connectivity index (χ0v) is 24.9.